The van der Waals surface area contributed by atoms with Crippen LogP contribution < -0.4 is 10.6 Å². The van der Waals surface area contributed by atoms with Gasteiger partial charge in [0.1, 0.15) is 12.4 Å². The van der Waals surface area contributed by atoms with Gasteiger partial charge in [-0.05, 0) is 31.5 Å². The summed E-state index contributed by atoms with van der Waals surface area (Å²) in [7, 11) is 0. The lowest BCUT2D eigenvalue weighted by Gasteiger charge is -2.11. The van der Waals surface area contributed by atoms with E-state index in [1.165, 1.54) is 12.1 Å². The van der Waals surface area contributed by atoms with Crippen LogP contribution in [-0.2, 0) is 16.1 Å². The van der Waals surface area contributed by atoms with Crippen molar-refractivity contribution in [3.63, 3.8) is 0 Å². The number of halogens is 1. The van der Waals surface area contributed by atoms with Gasteiger partial charge in [0.25, 0.3) is 0 Å². The molecule has 0 aliphatic carbocycles. The zero-order valence-electron chi connectivity index (χ0n) is 12.7. The SMILES string of the molecule is CC(C)NC(=O)OCc1ccc(NC(=O)C(C)C)c(F)c1. The highest BCUT2D eigenvalue weighted by molar-refractivity contribution is 5.92. The number of anilines is 1. The number of hydrogen-bond donors (Lipinski definition) is 2. The highest BCUT2D eigenvalue weighted by atomic mass is 19.1. The third-order valence-corrected chi connectivity index (χ3v) is 2.59. The Morgan fingerprint density at radius 2 is 1.90 bits per heavy atom. The van der Waals surface area contributed by atoms with Gasteiger partial charge in [0.2, 0.25) is 5.91 Å². The Morgan fingerprint density at radius 3 is 2.43 bits per heavy atom. The second-order valence-corrected chi connectivity index (χ2v) is 5.33. The molecule has 0 aromatic heterocycles. The standard InChI is InChI=1S/C15H21FN2O3/c1-9(2)14(19)18-13-6-5-11(7-12(13)16)8-21-15(20)17-10(3)4/h5-7,9-10H,8H2,1-4H3,(H,17,20)(H,18,19). The van der Waals surface area contributed by atoms with Gasteiger partial charge in [-0.15, -0.1) is 0 Å². The van der Waals surface area contributed by atoms with Crippen molar-refractivity contribution in [3.05, 3.63) is 29.6 Å². The van der Waals surface area contributed by atoms with Gasteiger partial charge in [-0.25, -0.2) is 9.18 Å². The van der Waals surface area contributed by atoms with Crippen molar-refractivity contribution in [2.75, 3.05) is 5.32 Å². The molecule has 0 heterocycles. The smallest absolute Gasteiger partial charge is 0.407 e. The summed E-state index contributed by atoms with van der Waals surface area (Å²) >= 11 is 0. The van der Waals surface area contributed by atoms with Crippen molar-refractivity contribution in [3.8, 4) is 0 Å². The second-order valence-electron chi connectivity index (χ2n) is 5.33. The fraction of sp³-hybridized carbons (Fsp3) is 0.467. The minimum atomic E-state index is -0.561. The largest absolute Gasteiger partial charge is 0.445 e. The lowest BCUT2D eigenvalue weighted by atomic mass is 10.1. The summed E-state index contributed by atoms with van der Waals surface area (Å²) in [4.78, 5) is 22.8. The van der Waals surface area contributed by atoms with E-state index in [0.717, 1.165) is 0 Å². The molecule has 0 aliphatic rings. The van der Waals surface area contributed by atoms with Gasteiger partial charge in [-0.3, -0.25) is 4.79 Å². The summed E-state index contributed by atoms with van der Waals surface area (Å²) < 4.78 is 18.8. The van der Waals surface area contributed by atoms with Gasteiger partial charge in [0.05, 0.1) is 5.69 Å². The van der Waals surface area contributed by atoms with Crippen LogP contribution >= 0.6 is 0 Å². The molecule has 2 N–H and O–H groups in total. The summed E-state index contributed by atoms with van der Waals surface area (Å²) in [6, 6.07) is 4.26. The maximum Gasteiger partial charge on any atom is 0.407 e. The Kier molecular flexibility index (Phi) is 6.14. The number of ether oxygens (including phenoxy) is 1. The van der Waals surface area contributed by atoms with Gasteiger partial charge in [-0.1, -0.05) is 19.9 Å². The zero-order chi connectivity index (χ0) is 16.0. The number of carbonyl (C=O) groups is 2. The van der Waals surface area contributed by atoms with Crippen molar-refractivity contribution in [1.82, 2.24) is 5.32 Å². The predicted octanol–water partition coefficient (Wildman–Crippen LogP) is 3.05. The first-order valence-electron chi connectivity index (χ1n) is 6.82. The zero-order valence-corrected chi connectivity index (χ0v) is 12.7. The van der Waals surface area contributed by atoms with Crippen LogP contribution in [-0.4, -0.2) is 18.0 Å². The number of rotatable bonds is 5. The molecule has 0 saturated heterocycles. The minimum absolute atomic E-state index is 0.0251. The Labute approximate surface area is 123 Å². The third kappa shape index (κ3) is 5.81. The molecule has 0 saturated carbocycles. The van der Waals surface area contributed by atoms with E-state index in [2.05, 4.69) is 10.6 Å². The van der Waals surface area contributed by atoms with Crippen molar-refractivity contribution in [2.45, 2.75) is 40.3 Å². The molecule has 0 atom stereocenters. The van der Waals surface area contributed by atoms with Crippen LogP contribution in [0.25, 0.3) is 0 Å². The summed E-state index contributed by atoms with van der Waals surface area (Å²) in [5, 5.41) is 5.06. The normalized spacial score (nSPS) is 10.6. The molecule has 6 heteroatoms. The van der Waals surface area contributed by atoms with E-state index in [4.69, 9.17) is 4.74 Å². The molecule has 116 valence electrons. The molecule has 5 nitrogen and oxygen atoms in total. The van der Waals surface area contributed by atoms with Crippen molar-refractivity contribution in [2.24, 2.45) is 5.92 Å². The summed E-state index contributed by atoms with van der Waals surface area (Å²) in [5.74, 6) is -1.05. The Bertz CT molecular complexity index is 516. The highest BCUT2D eigenvalue weighted by Gasteiger charge is 2.11. The van der Waals surface area contributed by atoms with E-state index in [9.17, 15) is 14.0 Å². The van der Waals surface area contributed by atoms with Gasteiger partial charge in [-0.2, -0.15) is 0 Å². The molecule has 0 radical (unpaired) electrons. The molecule has 0 spiro atoms. The van der Waals surface area contributed by atoms with E-state index in [1.54, 1.807) is 19.9 Å². The molecule has 1 rings (SSSR count). The minimum Gasteiger partial charge on any atom is -0.445 e. The van der Waals surface area contributed by atoms with Crippen LogP contribution in [0.15, 0.2) is 18.2 Å². The molecular formula is C15H21FN2O3. The summed E-state index contributed by atoms with van der Waals surface area (Å²) in [6.45, 7) is 7.04. The van der Waals surface area contributed by atoms with Gasteiger partial charge < -0.3 is 15.4 Å². The monoisotopic (exact) mass is 296 g/mol. The molecule has 1 aromatic carbocycles. The van der Waals surface area contributed by atoms with E-state index in [-0.39, 0.29) is 30.2 Å². The summed E-state index contributed by atoms with van der Waals surface area (Å²) in [5.41, 5.74) is 0.623. The van der Waals surface area contributed by atoms with Crippen LogP contribution in [0.5, 0.6) is 0 Å². The molecule has 0 unspecified atom stereocenters. The molecule has 2 amide bonds. The van der Waals surface area contributed by atoms with Crippen LogP contribution in [0, 0.1) is 11.7 Å². The molecule has 0 fully saturated rings. The molecule has 0 bridgehead atoms. The Morgan fingerprint density at radius 1 is 1.24 bits per heavy atom. The van der Waals surface area contributed by atoms with E-state index < -0.39 is 11.9 Å². The van der Waals surface area contributed by atoms with Crippen LogP contribution in [0.1, 0.15) is 33.3 Å². The van der Waals surface area contributed by atoms with E-state index >= 15 is 0 Å². The van der Waals surface area contributed by atoms with Crippen LogP contribution in [0.4, 0.5) is 14.9 Å². The average Bonchev–Trinajstić information content (AvgIpc) is 2.38. The lowest BCUT2D eigenvalue weighted by molar-refractivity contribution is -0.118. The number of amides is 2. The van der Waals surface area contributed by atoms with Crippen LogP contribution in [0.3, 0.4) is 0 Å². The molecular weight excluding hydrogens is 275 g/mol. The maximum absolute atomic E-state index is 13.8. The predicted molar refractivity (Wildman–Crippen MR) is 78.3 cm³/mol. The molecule has 0 aliphatic heterocycles. The van der Waals surface area contributed by atoms with E-state index in [0.29, 0.717) is 5.56 Å². The van der Waals surface area contributed by atoms with Crippen molar-refractivity contribution < 1.29 is 18.7 Å². The second kappa shape index (κ2) is 7.61. The number of hydrogen-bond acceptors (Lipinski definition) is 3. The van der Waals surface area contributed by atoms with Gasteiger partial charge in [0.15, 0.2) is 0 Å². The highest BCUT2D eigenvalue weighted by Crippen LogP contribution is 2.17. The number of nitrogens with one attached hydrogen (secondary N) is 2. The number of alkyl carbamates (subject to hydrolysis) is 1. The first kappa shape index (κ1) is 16.9. The fourth-order valence-electron chi connectivity index (χ4n) is 1.45. The average molecular weight is 296 g/mol. The quantitative estimate of drug-likeness (QED) is 0.877. The van der Waals surface area contributed by atoms with Gasteiger partial charge >= 0.3 is 6.09 Å². The van der Waals surface area contributed by atoms with Crippen LogP contribution in [0.2, 0.25) is 0 Å². The lowest BCUT2D eigenvalue weighted by Crippen LogP contribution is -2.30. The topological polar surface area (TPSA) is 67.4 Å². The number of carbonyl (C=O) groups excluding carboxylic acids is 2. The van der Waals surface area contributed by atoms with Crippen molar-refractivity contribution >= 4 is 17.7 Å². The first-order valence-corrected chi connectivity index (χ1v) is 6.82. The molecule has 1 aromatic rings. The van der Waals surface area contributed by atoms with Crippen molar-refractivity contribution in [1.29, 1.82) is 0 Å². The Hall–Kier alpha value is -2.11. The van der Waals surface area contributed by atoms with Gasteiger partial charge in [0, 0.05) is 12.0 Å². The Balaban J connectivity index is 2.61. The number of benzene rings is 1. The third-order valence-electron chi connectivity index (χ3n) is 2.59. The molecule has 21 heavy (non-hydrogen) atoms. The van der Waals surface area contributed by atoms with E-state index in [1.807, 2.05) is 13.8 Å². The summed E-state index contributed by atoms with van der Waals surface area (Å²) in [6.07, 6.45) is -0.553. The maximum atomic E-state index is 13.8. The fourth-order valence-corrected chi connectivity index (χ4v) is 1.45. The first-order chi connectivity index (χ1) is 9.79.